The van der Waals surface area contributed by atoms with E-state index in [1.54, 1.807) is 0 Å². The Kier molecular flexibility index (Phi) is 5.96. The molecule has 1 aromatic carbocycles. The fourth-order valence-corrected chi connectivity index (χ4v) is 2.70. The number of benzene rings is 1. The molecule has 114 valence electrons. The molecule has 0 aliphatic carbocycles. The molecule has 0 saturated carbocycles. The summed E-state index contributed by atoms with van der Waals surface area (Å²) < 4.78 is 1.90. The van der Waals surface area contributed by atoms with Gasteiger partial charge in [0, 0.05) is 25.3 Å². The Balaban J connectivity index is 2.09. The smallest absolute Gasteiger partial charge is 0.0769 e. The van der Waals surface area contributed by atoms with Crippen molar-refractivity contribution in [3.8, 4) is 5.69 Å². The van der Waals surface area contributed by atoms with Crippen LogP contribution in [-0.4, -0.2) is 39.0 Å². The number of aliphatic hydroxyl groups excluding tert-OH is 1. The Morgan fingerprint density at radius 2 is 1.86 bits per heavy atom. The number of hydrogen-bond donors (Lipinski definition) is 1. The number of rotatable bonds is 8. The minimum absolute atomic E-state index is 0.190. The van der Waals surface area contributed by atoms with Crippen molar-refractivity contribution >= 4 is 0 Å². The fourth-order valence-electron chi connectivity index (χ4n) is 2.70. The SMILES string of the molecule is CCC(CC)N(CCO)Cc1ccn(-c2ccccc2)n1. The molecule has 0 amide bonds. The van der Waals surface area contributed by atoms with Crippen LogP contribution in [0, 0.1) is 0 Å². The van der Waals surface area contributed by atoms with Crippen LogP contribution in [0.2, 0.25) is 0 Å². The van der Waals surface area contributed by atoms with Crippen LogP contribution in [0.25, 0.3) is 5.69 Å². The van der Waals surface area contributed by atoms with E-state index in [4.69, 9.17) is 0 Å². The number of hydrogen-bond acceptors (Lipinski definition) is 3. The molecule has 0 fully saturated rings. The van der Waals surface area contributed by atoms with Gasteiger partial charge in [0.2, 0.25) is 0 Å². The third kappa shape index (κ3) is 4.16. The van der Waals surface area contributed by atoms with E-state index in [1.807, 2.05) is 41.2 Å². The van der Waals surface area contributed by atoms with Gasteiger partial charge in [-0.15, -0.1) is 0 Å². The van der Waals surface area contributed by atoms with Gasteiger partial charge < -0.3 is 5.11 Å². The molecule has 0 bridgehead atoms. The summed E-state index contributed by atoms with van der Waals surface area (Å²) >= 11 is 0. The Labute approximate surface area is 127 Å². The van der Waals surface area contributed by atoms with Crippen molar-refractivity contribution in [1.29, 1.82) is 0 Å². The van der Waals surface area contributed by atoms with Gasteiger partial charge in [-0.2, -0.15) is 5.10 Å². The molecule has 1 aromatic heterocycles. The van der Waals surface area contributed by atoms with E-state index in [9.17, 15) is 5.11 Å². The van der Waals surface area contributed by atoms with Crippen molar-refractivity contribution in [2.45, 2.75) is 39.3 Å². The predicted molar refractivity (Wildman–Crippen MR) is 85.4 cm³/mol. The highest BCUT2D eigenvalue weighted by molar-refractivity contribution is 5.30. The van der Waals surface area contributed by atoms with Crippen LogP contribution in [0.15, 0.2) is 42.6 Å². The standard InChI is InChI=1S/C17H25N3O/c1-3-16(4-2)19(12-13-21)14-15-10-11-20(18-15)17-8-6-5-7-9-17/h5-11,16,21H,3-4,12-14H2,1-2H3. The van der Waals surface area contributed by atoms with Crippen LogP contribution >= 0.6 is 0 Å². The Morgan fingerprint density at radius 3 is 2.48 bits per heavy atom. The highest BCUT2D eigenvalue weighted by Crippen LogP contribution is 2.13. The zero-order chi connectivity index (χ0) is 15.1. The molecule has 0 atom stereocenters. The van der Waals surface area contributed by atoms with Gasteiger partial charge >= 0.3 is 0 Å². The molecule has 4 heteroatoms. The van der Waals surface area contributed by atoms with Crippen LogP contribution in [-0.2, 0) is 6.54 Å². The topological polar surface area (TPSA) is 41.3 Å². The minimum Gasteiger partial charge on any atom is -0.395 e. The molecular formula is C17H25N3O. The van der Waals surface area contributed by atoms with Gasteiger partial charge in [-0.1, -0.05) is 32.0 Å². The summed E-state index contributed by atoms with van der Waals surface area (Å²) in [5.41, 5.74) is 2.11. The maximum absolute atomic E-state index is 9.27. The van der Waals surface area contributed by atoms with Gasteiger partial charge in [-0.3, -0.25) is 4.90 Å². The van der Waals surface area contributed by atoms with Crippen molar-refractivity contribution in [3.05, 3.63) is 48.3 Å². The second-order valence-electron chi connectivity index (χ2n) is 5.25. The Bertz CT molecular complexity index is 520. The molecule has 0 saturated heterocycles. The summed E-state index contributed by atoms with van der Waals surface area (Å²) in [5, 5.41) is 13.9. The number of aromatic nitrogens is 2. The molecular weight excluding hydrogens is 262 g/mol. The second-order valence-corrected chi connectivity index (χ2v) is 5.25. The van der Waals surface area contributed by atoms with Crippen molar-refractivity contribution in [1.82, 2.24) is 14.7 Å². The Morgan fingerprint density at radius 1 is 1.14 bits per heavy atom. The monoisotopic (exact) mass is 287 g/mol. The average Bonchev–Trinajstić information content (AvgIpc) is 2.98. The fraction of sp³-hybridized carbons (Fsp3) is 0.471. The quantitative estimate of drug-likeness (QED) is 0.811. The Hall–Kier alpha value is -1.65. The van der Waals surface area contributed by atoms with Crippen LogP contribution in [0.3, 0.4) is 0 Å². The lowest BCUT2D eigenvalue weighted by Crippen LogP contribution is -2.36. The number of nitrogens with zero attached hydrogens (tertiary/aromatic N) is 3. The van der Waals surface area contributed by atoms with Gasteiger partial charge in [0.1, 0.15) is 0 Å². The van der Waals surface area contributed by atoms with E-state index in [0.29, 0.717) is 12.6 Å². The van der Waals surface area contributed by atoms with Gasteiger partial charge in [0.05, 0.1) is 18.0 Å². The van der Waals surface area contributed by atoms with Crippen LogP contribution in [0.4, 0.5) is 0 Å². The number of para-hydroxylation sites is 1. The highest BCUT2D eigenvalue weighted by atomic mass is 16.3. The summed E-state index contributed by atoms with van der Waals surface area (Å²) in [7, 11) is 0. The molecule has 0 radical (unpaired) electrons. The normalized spacial score (nSPS) is 11.5. The van der Waals surface area contributed by atoms with E-state index in [0.717, 1.165) is 30.8 Å². The van der Waals surface area contributed by atoms with Crippen LogP contribution in [0.5, 0.6) is 0 Å². The van der Waals surface area contributed by atoms with E-state index in [2.05, 4.69) is 29.9 Å². The first-order chi connectivity index (χ1) is 10.3. The van der Waals surface area contributed by atoms with Gasteiger partial charge in [-0.25, -0.2) is 4.68 Å². The molecule has 2 rings (SSSR count). The zero-order valence-corrected chi connectivity index (χ0v) is 12.9. The second kappa shape index (κ2) is 7.96. The third-order valence-corrected chi connectivity index (χ3v) is 3.88. The summed E-state index contributed by atoms with van der Waals surface area (Å²) in [4.78, 5) is 2.32. The maximum atomic E-state index is 9.27. The molecule has 0 aliphatic heterocycles. The van der Waals surface area contributed by atoms with Crippen LogP contribution in [0.1, 0.15) is 32.4 Å². The minimum atomic E-state index is 0.190. The lowest BCUT2D eigenvalue weighted by Gasteiger charge is -2.29. The van der Waals surface area contributed by atoms with E-state index < -0.39 is 0 Å². The molecule has 0 aliphatic rings. The maximum Gasteiger partial charge on any atom is 0.0769 e. The molecule has 1 heterocycles. The lowest BCUT2D eigenvalue weighted by molar-refractivity contribution is 0.135. The zero-order valence-electron chi connectivity index (χ0n) is 12.9. The van der Waals surface area contributed by atoms with Gasteiger partial charge in [-0.05, 0) is 31.0 Å². The van der Waals surface area contributed by atoms with Crippen LogP contribution < -0.4 is 0 Å². The van der Waals surface area contributed by atoms with Crippen molar-refractivity contribution in [2.24, 2.45) is 0 Å². The number of aliphatic hydroxyl groups is 1. The molecule has 4 nitrogen and oxygen atoms in total. The molecule has 0 spiro atoms. The van der Waals surface area contributed by atoms with Gasteiger partial charge in [0.25, 0.3) is 0 Å². The van der Waals surface area contributed by atoms with Crippen molar-refractivity contribution in [3.63, 3.8) is 0 Å². The van der Waals surface area contributed by atoms with Crippen molar-refractivity contribution in [2.75, 3.05) is 13.2 Å². The average molecular weight is 287 g/mol. The van der Waals surface area contributed by atoms with E-state index >= 15 is 0 Å². The molecule has 1 N–H and O–H groups in total. The largest absolute Gasteiger partial charge is 0.395 e. The summed E-state index contributed by atoms with van der Waals surface area (Å²) in [6.45, 7) is 6.06. The first kappa shape index (κ1) is 15.7. The molecule has 21 heavy (non-hydrogen) atoms. The lowest BCUT2D eigenvalue weighted by atomic mass is 10.1. The summed E-state index contributed by atoms with van der Waals surface area (Å²) in [5.74, 6) is 0. The first-order valence-corrected chi connectivity index (χ1v) is 7.73. The van der Waals surface area contributed by atoms with E-state index in [1.165, 1.54) is 0 Å². The van der Waals surface area contributed by atoms with Gasteiger partial charge in [0.15, 0.2) is 0 Å². The predicted octanol–water partition coefficient (Wildman–Crippen LogP) is 2.86. The van der Waals surface area contributed by atoms with E-state index in [-0.39, 0.29) is 6.61 Å². The highest BCUT2D eigenvalue weighted by Gasteiger charge is 2.16. The first-order valence-electron chi connectivity index (χ1n) is 7.73. The third-order valence-electron chi connectivity index (χ3n) is 3.88. The summed E-state index contributed by atoms with van der Waals surface area (Å²) in [6, 6.07) is 12.7. The molecule has 0 unspecified atom stereocenters. The summed E-state index contributed by atoms with van der Waals surface area (Å²) in [6.07, 6.45) is 4.18. The molecule has 2 aromatic rings. The van der Waals surface area contributed by atoms with Crippen molar-refractivity contribution < 1.29 is 5.11 Å².